The Kier molecular flexibility index (Phi) is 4.12. The summed E-state index contributed by atoms with van der Waals surface area (Å²) in [5.41, 5.74) is 1.45. The summed E-state index contributed by atoms with van der Waals surface area (Å²) < 4.78 is 0. The van der Waals surface area contributed by atoms with E-state index < -0.39 is 6.10 Å². The predicted octanol–water partition coefficient (Wildman–Crippen LogP) is 1.76. The van der Waals surface area contributed by atoms with Gasteiger partial charge in [-0.25, -0.2) is 0 Å². The molecule has 0 saturated carbocycles. The molecule has 0 saturated heterocycles. The van der Waals surface area contributed by atoms with Crippen molar-refractivity contribution in [1.82, 2.24) is 5.32 Å². The van der Waals surface area contributed by atoms with Gasteiger partial charge in [-0.1, -0.05) is 11.6 Å². The zero-order valence-electron chi connectivity index (χ0n) is 8.75. The van der Waals surface area contributed by atoms with Crippen molar-refractivity contribution in [3.05, 3.63) is 34.3 Å². The summed E-state index contributed by atoms with van der Waals surface area (Å²) in [5.74, 6) is -0.221. The first-order valence-corrected chi connectivity index (χ1v) is 5.10. The molecule has 2 N–H and O–H groups in total. The summed E-state index contributed by atoms with van der Waals surface area (Å²) in [5, 5.41) is 12.2. The zero-order valence-corrected chi connectivity index (χ0v) is 9.51. The lowest BCUT2D eigenvalue weighted by molar-refractivity contribution is 0.0924. The van der Waals surface area contributed by atoms with Crippen LogP contribution in [0.4, 0.5) is 0 Å². The van der Waals surface area contributed by atoms with E-state index in [2.05, 4.69) is 5.32 Å². The van der Waals surface area contributed by atoms with Crippen LogP contribution in [0.2, 0.25) is 5.02 Å². The molecule has 0 spiro atoms. The zero-order chi connectivity index (χ0) is 11.4. The van der Waals surface area contributed by atoms with Crippen molar-refractivity contribution in [3.63, 3.8) is 0 Å². The molecule has 82 valence electrons. The van der Waals surface area contributed by atoms with Crippen molar-refractivity contribution < 1.29 is 9.90 Å². The number of halogens is 1. The smallest absolute Gasteiger partial charge is 0.251 e. The van der Waals surface area contributed by atoms with Crippen LogP contribution in [-0.4, -0.2) is 23.7 Å². The first kappa shape index (κ1) is 12.0. The average Bonchev–Trinajstić information content (AvgIpc) is 2.12. The highest BCUT2D eigenvalue weighted by Crippen LogP contribution is 2.14. The molecule has 0 aliphatic carbocycles. The van der Waals surface area contributed by atoms with Crippen molar-refractivity contribution >= 4 is 17.5 Å². The van der Waals surface area contributed by atoms with Crippen LogP contribution in [0.25, 0.3) is 0 Å². The molecule has 0 bridgehead atoms. The van der Waals surface area contributed by atoms with Gasteiger partial charge in [0.05, 0.1) is 6.10 Å². The molecular formula is C11H14ClNO2. The second kappa shape index (κ2) is 5.14. The van der Waals surface area contributed by atoms with E-state index in [4.69, 9.17) is 16.7 Å². The Morgan fingerprint density at radius 1 is 1.53 bits per heavy atom. The highest BCUT2D eigenvalue weighted by molar-refractivity contribution is 6.31. The molecule has 0 aliphatic heterocycles. The molecule has 3 nitrogen and oxygen atoms in total. The van der Waals surface area contributed by atoms with Crippen LogP contribution in [0.15, 0.2) is 18.2 Å². The number of aliphatic hydroxyl groups is 1. The number of benzene rings is 1. The van der Waals surface area contributed by atoms with Gasteiger partial charge in [-0.2, -0.15) is 0 Å². The maximum atomic E-state index is 11.6. The fourth-order valence-corrected chi connectivity index (χ4v) is 1.50. The van der Waals surface area contributed by atoms with Gasteiger partial charge in [0.15, 0.2) is 0 Å². The van der Waals surface area contributed by atoms with Crippen molar-refractivity contribution in [2.75, 3.05) is 6.54 Å². The minimum Gasteiger partial charge on any atom is -0.392 e. The lowest BCUT2D eigenvalue weighted by Crippen LogP contribution is -2.30. The molecule has 0 heterocycles. The largest absolute Gasteiger partial charge is 0.392 e. The molecule has 1 atom stereocenters. The second-order valence-corrected chi connectivity index (χ2v) is 4.01. The fourth-order valence-electron chi connectivity index (χ4n) is 1.21. The molecule has 0 aliphatic rings. The number of amides is 1. The van der Waals surface area contributed by atoms with Gasteiger partial charge in [-0.05, 0) is 37.6 Å². The lowest BCUT2D eigenvalue weighted by atomic mass is 10.1. The van der Waals surface area contributed by atoms with Crippen LogP contribution in [0.3, 0.4) is 0 Å². The first-order chi connectivity index (χ1) is 6.99. The van der Waals surface area contributed by atoms with Gasteiger partial charge >= 0.3 is 0 Å². The normalized spacial score (nSPS) is 12.3. The molecular weight excluding hydrogens is 214 g/mol. The second-order valence-electron chi connectivity index (χ2n) is 3.58. The highest BCUT2D eigenvalue weighted by atomic mass is 35.5. The summed E-state index contributed by atoms with van der Waals surface area (Å²) in [6.45, 7) is 3.73. The molecule has 1 aromatic carbocycles. The van der Waals surface area contributed by atoms with Gasteiger partial charge in [0, 0.05) is 17.1 Å². The summed E-state index contributed by atoms with van der Waals surface area (Å²) in [4.78, 5) is 11.6. The maximum Gasteiger partial charge on any atom is 0.251 e. The van der Waals surface area contributed by atoms with Gasteiger partial charge in [-0.3, -0.25) is 4.79 Å². The quantitative estimate of drug-likeness (QED) is 0.827. The van der Waals surface area contributed by atoms with Gasteiger partial charge < -0.3 is 10.4 Å². The lowest BCUT2D eigenvalue weighted by Gasteiger charge is -2.07. The molecule has 1 aromatic rings. The van der Waals surface area contributed by atoms with Crippen molar-refractivity contribution in [1.29, 1.82) is 0 Å². The molecule has 15 heavy (non-hydrogen) atoms. The van der Waals surface area contributed by atoms with E-state index >= 15 is 0 Å². The van der Waals surface area contributed by atoms with Crippen molar-refractivity contribution in [3.8, 4) is 0 Å². The van der Waals surface area contributed by atoms with E-state index in [-0.39, 0.29) is 12.5 Å². The number of carbonyl (C=O) groups is 1. The average molecular weight is 228 g/mol. The van der Waals surface area contributed by atoms with E-state index in [1.165, 1.54) is 0 Å². The van der Waals surface area contributed by atoms with Crippen LogP contribution >= 0.6 is 11.6 Å². The predicted molar refractivity (Wildman–Crippen MR) is 60.2 cm³/mol. The molecule has 0 unspecified atom stereocenters. The number of aryl methyl sites for hydroxylation is 1. The van der Waals surface area contributed by atoms with E-state index in [0.29, 0.717) is 10.6 Å². The van der Waals surface area contributed by atoms with Crippen molar-refractivity contribution in [2.45, 2.75) is 20.0 Å². The fraction of sp³-hybridized carbons (Fsp3) is 0.364. The topological polar surface area (TPSA) is 49.3 Å². The SMILES string of the molecule is Cc1cc(Cl)cc(C(=O)NC[C@@H](C)O)c1. The van der Waals surface area contributed by atoms with Crippen LogP contribution in [-0.2, 0) is 0 Å². The summed E-state index contributed by atoms with van der Waals surface area (Å²) in [6, 6.07) is 5.14. The Bertz CT molecular complexity index is 343. The molecule has 1 amide bonds. The summed E-state index contributed by atoms with van der Waals surface area (Å²) in [6.07, 6.45) is -0.547. The van der Waals surface area contributed by atoms with E-state index in [1.807, 2.05) is 6.92 Å². The number of hydrogen-bond donors (Lipinski definition) is 2. The van der Waals surface area contributed by atoms with Crippen LogP contribution in [0, 0.1) is 6.92 Å². The van der Waals surface area contributed by atoms with Crippen LogP contribution < -0.4 is 5.32 Å². The Hall–Kier alpha value is -1.06. The number of hydrogen-bond acceptors (Lipinski definition) is 2. The maximum absolute atomic E-state index is 11.6. The molecule has 1 rings (SSSR count). The number of rotatable bonds is 3. The van der Waals surface area contributed by atoms with Crippen LogP contribution in [0.5, 0.6) is 0 Å². The Morgan fingerprint density at radius 3 is 2.73 bits per heavy atom. The molecule has 0 aromatic heterocycles. The third kappa shape index (κ3) is 3.90. The minimum atomic E-state index is -0.547. The summed E-state index contributed by atoms with van der Waals surface area (Å²) >= 11 is 5.83. The monoisotopic (exact) mass is 227 g/mol. The number of aliphatic hydroxyl groups excluding tert-OH is 1. The van der Waals surface area contributed by atoms with Gasteiger partial charge in [0.2, 0.25) is 0 Å². The highest BCUT2D eigenvalue weighted by Gasteiger charge is 2.07. The Morgan fingerprint density at radius 2 is 2.20 bits per heavy atom. The van der Waals surface area contributed by atoms with Gasteiger partial charge in [-0.15, -0.1) is 0 Å². The molecule has 0 fully saturated rings. The Labute approximate surface area is 94.1 Å². The van der Waals surface area contributed by atoms with E-state index in [9.17, 15) is 4.79 Å². The standard InChI is InChI=1S/C11H14ClNO2/c1-7-3-9(5-10(12)4-7)11(15)13-6-8(2)14/h3-5,8,14H,6H2,1-2H3,(H,13,15)/t8-/m1/s1. The minimum absolute atomic E-state index is 0.221. The third-order valence-corrected chi connectivity index (χ3v) is 2.08. The van der Waals surface area contributed by atoms with Gasteiger partial charge in [0.1, 0.15) is 0 Å². The van der Waals surface area contributed by atoms with Crippen LogP contribution in [0.1, 0.15) is 22.8 Å². The molecule has 4 heteroatoms. The molecule has 0 radical (unpaired) electrons. The number of nitrogens with one attached hydrogen (secondary N) is 1. The van der Waals surface area contributed by atoms with Crippen molar-refractivity contribution in [2.24, 2.45) is 0 Å². The Balaban J connectivity index is 2.73. The first-order valence-electron chi connectivity index (χ1n) is 4.72. The van der Waals surface area contributed by atoms with E-state index in [1.54, 1.807) is 25.1 Å². The van der Waals surface area contributed by atoms with E-state index in [0.717, 1.165) is 5.56 Å². The third-order valence-electron chi connectivity index (χ3n) is 1.86. The van der Waals surface area contributed by atoms with Gasteiger partial charge in [0.25, 0.3) is 5.91 Å². The number of carbonyl (C=O) groups excluding carboxylic acids is 1. The summed E-state index contributed by atoms with van der Waals surface area (Å²) in [7, 11) is 0.